The Labute approximate surface area is 127 Å². The Morgan fingerprint density at radius 1 is 1.43 bits per heavy atom. The van der Waals surface area contributed by atoms with Gasteiger partial charge in [0.2, 0.25) is 11.8 Å². The average molecular weight is 296 g/mol. The van der Waals surface area contributed by atoms with E-state index in [4.69, 9.17) is 4.74 Å². The summed E-state index contributed by atoms with van der Waals surface area (Å²) in [7, 11) is 1.64. The van der Waals surface area contributed by atoms with Gasteiger partial charge in [0.15, 0.2) is 0 Å². The molecule has 5 heteroatoms. The van der Waals surface area contributed by atoms with Gasteiger partial charge >= 0.3 is 0 Å². The van der Waals surface area contributed by atoms with Crippen LogP contribution in [0.3, 0.4) is 0 Å². The Morgan fingerprint density at radius 3 is 2.86 bits per heavy atom. The largest absolute Gasteiger partial charge is 0.383 e. The highest BCUT2D eigenvalue weighted by atomic mass is 16.5. The summed E-state index contributed by atoms with van der Waals surface area (Å²) in [5.41, 5.74) is 0. The van der Waals surface area contributed by atoms with Gasteiger partial charge in [0.05, 0.1) is 18.6 Å². The first kappa shape index (κ1) is 16.3. The molecule has 0 aromatic heterocycles. The number of likely N-dealkylation sites (tertiary alicyclic amines) is 2. The SMILES string of the molecule is CC[C@H]1CCCCN1C(=O)[C@@H]1CC(=O)N([C@@H](C)COC)C1. The van der Waals surface area contributed by atoms with Crippen LogP contribution in [0.4, 0.5) is 0 Å². The molecule has 0 aliphatic carbocycles. The van der Waals surface area contributed by atoms with Crippen molar-refractivity contribution in [3.8, 4) is 0 Å². The Hall–Kier alpha value is -1.10. The molecular weight excluding hydrogens is 268 g/mol. The Bertz CT molecular complexity index is 386. The number of amides is 2. The van der Waals surface area contributed by atoms with Gasteiger partial charge in [0.25, 0.3) is 0 Å². The van der Waals surface area contributed by atoms with Crippen molar-refractivity contribution in [3.05, 3.63) is 0 Å². The number of hydrogen-bond donors (Lipinski definition) is 0. The molecule has 2 fully saturated rings. The van der Waals surface area contributed by atoms with Crippen molar-refractivity contribution in [1.82, 2.24) is 9.80 Å². The van der Waals surface area contributed by atoms with Crippen LogP contribution < -0.4 is 0 Å². The molecule has 0 aromatic carbocycles. The Kier molecular flexibility index (Phi) is 5.62. The standard InChI is InChI=1S/C16H28N2O3/c1-4-14-7-5-6-8-17(14)16(20)13-9-15(19)18(10-13)12(2)11-21-3/h12-14H,4-11H2,1-3H3/t12-,13+,14-/m0/s1. The summed E-state index contributed by atoms with van der Waals surface area (Å²) in [6, 6.07) is 0.412. The minimum Gasteiger partial charge on any atom is -0.383 e. The zero-order valence-electron chi connectivity index (χ0n) is 13.5. The Balaban J connectivity index is 1.99. The molecule has 120 valence electrons. The molecule has 5 nitrogen and oxygen atoms in total. The lowest BCUT2D eigenvalue weighted by Crippen LogP contribution is -2.47. The van der Waals surface area contributed by atoms with E-state index in [-0.39, 0.29) is 23.8 Å². The van der Waals surface area contributed by atoms with Crippen molar-refractivity contribution in [2.75, 3.05) is 26.8 Å². The Morgan fingerprint density at radius 2 is 2.19 bits per heavy atom. The van der Waals surface area contributed by atoms with Gasteiger partial charge in [-0.05, 0) is 32.6 Å². The number of nitrogens with zero attached hydrogens (tertiary/aromatic N) is 2. The summed E-state index contributed by atoms with van der Waals surface area (Å²) >= 11 is 0. The van der Waals surface area contributed by atoms with E-state index in [2.05, 4.69) is 6.92 Å². The lowest BCUT2D eigenvalue weighted by molar-refractivity contribution is -0.139. The fraction of sp³-hybridized carbons (Fsp3) is 0.875. The summed E-state index contributed by atoms with van der Waals surface area (Å²) < 4.78 is 5.12. The second-order valence-corrected chi connectivity index (χ2v) is 6.34. The molecule has 0 radical (unpaired) electrons. The van der Waals surface area contributed by atoms with E-state index in [1.807, 2.05) is 11.8 Å². The third-order valence-electron chi connectivity index (χ3n) is 4.83. The molecule has 21 heavy (non-hydrogen) atoms. The number of hydrogen-bond acceptors (Lipinski definition) is 3. The molecule has 0 unspecified atom stereocenters. The third kappa shape index (κ3) is 3.57. The predicted molar refractivity (Wildman–Crippen MR) is 80.8 cm³/mol. The maximum atomic E-state index is 12.8. The molecule has 0 saturated carbocycles. The maximum Gasteiger partial charge on any atom is 0.228 e. The number of rotatable bonds is 5. The van der Waals surface area contributed by atoms with Crippen LogP contribution in [0.1, 0.15) is 46.0 Å². The molecule has 0 aromatic rings. The molecular formula is C16H28N2O3. The van der Waals surface area contributed by atoms with Crippen LogP contribution in [-0.4, -0.2) is 60.5 Å². The van der Waals surface area contributed by atoms with E-state index < -0.39 is 0 Å². The van der Waals surface area contributed by atoms with Gasteiger partial charge in [-0.2, -0.15) is 0 Å². The molecule has 3 atom stereocenters. The highest BCUT2D eigenvalue weighted by Gasteiger charge is 2.40. The van der Waals surface area contributed by atoms with Gasteiger partial charge in [0, 0.05) is 32.7 Å². The van der Waals surface area contributed by atoms with Crippen molar-refractivity contribution in [2.24, 2.45) is 5.92 Å². The molecule has 2 rings (SSSR count). The van der Waals surface area contributed by atoms with Gasteiger partial charge in [-0.15, -0.1) is 0 Å². The molecule has 0 bridgehead atoms. The van der Waals surface area contributed by atoms with Crippen LogP contribution in [0.5, 0.6) is 0 Å². The molecule has 2 heterocycles. The van der Waals surface area contributed by atoms with E-state index in [0.29, 0.717) is 25.6 Å². The van der Waals surface area contributed by atoms with Crippen LogP contribution in [0.15, 0.2) is 0 Å². The van der Waals surface area contributed by atoms with Crippen LogP contribution in [0.2, 0.25) is 0 Å². The van der Waals surface area contributed by atoms with Crippen molar-refractivity contribution in [1.29, 1.82) is 0 Å². The molecule has 2 saturated heterocycles. The summed E-state index contributed by atoms with van der Waals surface area (Å²) in [6.45, 7) is 6.05. The summed E-state index contributed by atoms with van der Waals surface area (Å²) in [5, 5.41) is 0. The first-order valence-electron chi connectivity index (χ1n) is 8.17. The molecule has 0 spiro atoms. The van der Waals surface area contributed by atoms with Gasteiger partial charge < -0.3 is 14.5 Å². The number of carbonyl (C=O) groups is 2. The summed E-state index contributed by atoms with van der Waals surface area (Å²) in [4.78, 5) is 28.7. The van der Waals surface area contributed by atoms with Gasteiger partial charge in [-0.25, -0.2) is 0 Å². The fourth-order valence-corrected chi connectivity index (χ4v) is 3.60. The van der Waals surface area contributed by atoms with Crippen LogP contribution in [-0.2, 0) is 14.3 Å². The second-order valence-electron chi connectivity index (χ2n) is 6.34. The average Bonchev–Trinajstić information content (AvgIpc) is 2.88. The topological polar surface area (TPSA) is 49.9 Å². The van der Waals surface area contributed by atoms with Crippen LogP contribution >= 0.6 is 0 Å². The second kappa shape index (κ2) is 7.25. The molecule has 2 aliphatic rings. The van der Waals surface area contributed by atoms with Gasteiger partial charge in [-0.3, -0.25) is 9.59 Å². The number of carbonyl (C=O) groups excluding carboxylic acids is 2. The zero-order valence-corrected chi connectivity index (χ0v) is 13.5. The van der Waals surface area contributed by atoms with E-state index in [1.54, 1.807) is 12.0 Å². The third-order valence-corrected chi connectivity index (χ3v) is 4.83. The van der Waals surface area contributed by atoms with Gasteiger partial charge in [0.1, 0.15) is 0 Å². The quantitative estimate of drug-likeness (QED) is 0.775. The minimum absolute atomic E-state index is 0.0450. The minimum atomic E-state index is -0.163. The summed E-state index contributed by atoms with van der Waals surface area (Å²) in [6.07, 6.45) is 4.78. The smallest absolute Gasteiger partial charge is 0.228 e. The first-order chi connectivity index (χ1) is 10.1. The van der Waals surface area contributed by atoms with E-state index in [9.17, 15) is 9.59 Å². The summed E-state index contributed by atoms with van der Waals surface area (Å²) in [5.74, 6) is 0.105. The van der Waals surface area contributed by atoms with Crippen molar-refractivity contribution < 1.29 is 14.3 Å². The van der Waals surface area contributed by atoms with E-state index in [0.717, 1.165) is 25.8 Å². The van der Waals surface area contributed by atoms with Crippen LogP contribution in [0, 0.1) is 5.92 Å². The first-order valence-corrected chi connectivity index (χ1v) is 8.17. The molecule has 0 N–H and O–H groups in total. The van der Waals surface area contributed by atoms with Crippen molar-refractivity contribution >= 4 is 11.8 Å². The predicted octanol–water partition coefficient (Wildman–Crippen LogP) is 1.66. The lowest BCUT2D eigenvalue weighted by Gasteiger charge is -2.37. The van der Waals surface area contributed by atoms with Gasteiger partial charge in [-0.1, -0.05) is 6.92 Å². The van der Waals surface area contributed by atoms with Crippen molar-refractivity contribution in [3.63, 3.8) is 0 Å². The fourth-order valence-electron chi connectivity index (χ4n) is 3.60. The maximum absolute atomic E-state index is 12.8. The van der Waals surface area contributed by atoms with Crippen molar-refractivity contribution in [2.45, 2.75) is 58.0 Å². The number of piperidine rings is 1. The number of methoxy groups -OCH3 is 1. The lowest BCUT2D eigenvalue weighted by atomic mass is 9.97. The zero-order chi connectivity index (χ0) is 15.4. The van der Waals surface area contributed by atoms with E-state index >= 15 is 0 Å². The monoisotopic (exact) mass is 296 g/mol. The van der Waals surface area contributed by atoms with Crippen LogP contribution in [0.25, 0.3) is 0 Å². The highest BCUT2D eigenvalue weighted by molar-refractivity contribution is 5.89. The normalized spacial score (nSPS) is 28.0. The molecule has 2 amide bonds. The highest BCUT2D eigenvalue weighted by Crippen LogP contribution is 2.27. The van der Waals surface area contributed by atoms with E-state index in [1.165, 1.54) is 6.42 Å². The number of ether oxygens (including phenoxy) is 1. The molecule has 2 aliphatic heterocycles.